The molecule has 2 aliphatic heterocycles. The molecule has 0 unspecified atom stereocenters. The molecule has 1 saturated carbocycles. The smallest absolute Gasteiger partial charge is 0.239 e. The maximum absolute atomic E-state index is 15.1. The number of amidine groups is 1. The average Bonchev–Trinajstić information content (AvgIpc) is 3.62. The largest absolute Gasteiger partial charge is 0.378 e. The second-order valence-corrected chi connectivity index (χ2v) is 10.2. The van der Waals surface area contributed by atoms with Gasteiger partial charge in [-0.1, -0.05) is 17.8 Å². The van der Waals surface area contributed by atoms with Crippen molar-refractivity contribution in [2.24, 2.45) is 16.6 Å². The fourth-order valence-corrected chi connectivity index (χ4v) is 6.28. The third-order valence-corrected chi connectivity index (χ3v) is 8.01. The predicted octanol–water partition coefficient (Wildman–Crippen LogP) is 2.85. The zero-order valence-corrected chi connectivity index (χ0v) is 19.7. The second kappa shape index (κ2) is 8.70. The molecule has 3 aliphatic rings. The van der Waals surface area contributed by atoms with Crippen molar-refractivity contribution in [3.8, 4) is 6.07 Å². The van der Waals surface area contributed by atoms with Gasteiger partial charge in [-0.25, -0.2) is 18.7 Å². The lowest BCUT2D eigenvalue weighted by Gasteiger charge is -2.36. The number of amides is 1. The van der Waals surface area contributed by atoms with Gasteiger partial charge in [0, 0.05) is 24.6 Å². The van der Waals surface area contributed by atoms with Crippen molar-refractivity contribution in [1.82, 2.24) is 14.9 Å². The minimum atomic E-state index is -1.09. The van der Waals surface area contributed by atoms with Crippen molar-refractivity contribution in [1.29, 1.82) is 5.26 Å². The number of carbonyl (C=O) groups is 1. The van der Waals surface area contributed by atoms with E-state index in [4.69, 9.17) is 15.7 Å². The Balaban J connectivity index is 1.47. The van der Waals surface area contributed by atoms with Gasteiger partial charge in [-0.15, -0.1) is 0 Å². The first-order valence-electron chi connectivity index (χ1n) is 11.1. The Hall–Kier alpha value is -3.36. The first-order valence-corrected chi connectivity index (χ1v) is 11.9. The van der Waals surface area contributed by atoms with E-state index in [0.29, 0.717) is 38.3 Å². The molecule has 1 aliphatic carbocycles. The van der Waals surface area contributed by atoms with Crippen molar-refractivity contribution in [3.05, 3.63) is 58.9 Å². The molecule has 8 nitrogen and oxygen atoms in total. The van der Waals surface area contributed by atoms with E-state index in [1.54, 1.807) is 11.8 Å². The quantitative estimate of drug-likeness (QED) is 0.692. The molecule has 3 heterocycles. The van der Waals surface area contributed by atoms with E-state index in [0.717, 1.165) is 6.20 Å². The number of carbonyl (C=O) groups excluding carboxylic acids is 1. The number of aromatic nitrogens is 2. The number of nitrogens with zero attached hydrogens (tertiary/aromatic N) is 5. The standard InChI is InChI=1S/C24H22F2N6O2S/c1-23(20-10-24(20,35-22(28)31-23)21(33)32-4-6-34-7-5-32)16-8-14(2-3-17(16)25)9-18(26)19-13-29-15(11-27)12-30-19/h2-3,8-9,12-13,20H,4-7,10H2,1H3,(H2,28,31)/t20-,23+,24-/m0/s1. The van der Waals surface area contributed by atoms with Gasteiger partial charge in [0.15, 0.2) is 16.7 Å². The van der Waals surface area contributed by atoms with Crippen molar-refractivity contribution in [2.45, 2.75) is 23.6 Å². The molecule has 1 amide bonds. The Bertz CT molecular complexity index is 1290. The SMILES string of the molecule is C[C@]1(c2cc(C=C(F)c3cnc(C#N)cn3)ccc2F)N=C(N)S[C@@]2(C(=O)N3CCOCC3)C[C@H]21. The normalized spacial score (nSPS) is 28.1. The molecular weight excluding hydrogens is 474 g/mol. The summed E-state index contributed by atoms with van der Waals surface area (Å²) in [6, 6.07) is 6.06. The molecule has 35 heavy (non-hydrogen) atoms. The topological polar surface area (TPSA) is 117 Å². The van der Waals surface area contributed by atoms with E-state index in [-0.39, 0.29) is 33.9 Å². The molecule has 11 heteroatoms. The van der Waals surface area contributed by atoms with Gasteiger partial charge in [0.1, 0.15) is 22.3 Å². The number of halogens is 2. The zero-order valence-electron chi connectivity index (χ0n) is 18.9. The Kier molecular flexibility index (Phi) is 5.81. The Morgan fingerprint density at radius 2 is 2.11 bits per heavy atom. The Morgan fingerprint density at radius 1 is 1.34 bits per heavy atom. The molecule has 0 radical (unpaired) electrons. The summed E-state index contributed by atoms with van der Waals surface area (Å²) in [5.74, 6) is -1.48. The second-order valence-electron chi connectivity index (χ2n) is 8.88. The van der Waals surface area contributed by atoms with Crippen LogP contribution in [0, 0.1) is 23.1 Å². The summed E-state index contributed by atoms with van der Waals surface area (Å²) in [5.41, 5.74) is 5.75. The van der Waals surface area contributed by atoms with Crippen LogP contribution in [0.3, 0.4) is 0 Å². The van der Waals surface area contributed by atoms with Crippen LogP contribution in [0.5, 0.6) is 0 Å². The summed E-state index contributed by atoms with van der Waals surface area (Å²) < 4.78 is 34.5. The summed E-state index contributed by atoms with van der Waals surface area (Å²) in [5, 5.41) is 9.05. The number of morpholine rings is 1. The van der Waals surface area contributed by atoms with Gasteiger partial charge in [0.05, 0.1) is 31.1 Å². The molecule has 1 aromatic carbocycles. The third kappa shape index (κ3) is 4.06. The first-order chi connectivity index (χ1) is 16.8. The highest BCUT2D eigenvalue weighted by Gasteiger charge is 2.71. The predicted molar refractivity (Wildman–Crippen MR) is 127 cm³/mol. The number of benzene rings is 1. The van der Waals surface area contributed by atoms with Crippen LogP contribution in [0.25, 0.3) is 11.9 Å². The Labute approximate surface area is 204 Å². The van der Waals surface area contributed by atoms with Gasteiger partial charge in [0.2, 0.25) is 5.91 Å². The molecule has 2 fully saturated rings. The van der Waals surface area contributed by atoms with Crippen LogP contribution in [0.15, 0.2) is 35.6 Å². The van der Waals surface area contributed by atoms with E-state index in [1.165, 1.54) is 42.2 Å². The molecular formula is C24H22F2N6O2S. The summed E-state index contributed by atoms with van der Waals surface area (Å²) in [4.78, 5) is 27.5. The van der Waals surface area contributed by atoms with E-state index >= 15 is 4.39 Å². The van der Waals surface area contributed by atoms with Gasteiger partial charge in [-0.05, 0) is 37.1 Å². The molecule has 1 aromatic heterocycles. The average molecular weight is 497 g/mol. The number of nitriles is 1. The molecule has 2 N–H and O–H groups in total. The highest BCUT2D eigenvalue weighted by molar-refractivity contribution is 8.15. The Morgan fingerprint density at radius 3 is 2.80 bits per heavy atom. The number of thioether (sulfide) groups is 1. The van der Waals surface area contributed by atoms with Gasteiger partial charge in [-0.2, -0.15) is 5.26 Å². The summed E-state index contributed by atoms with van der Waals surface area (Å²) in [7, 11) is 0. The maximum atomic E-state index is 15.1. The van der Waals surface area contributed by atoms with Crippen LogP contribution in [0.2, 0.25) is 0 Å². The molecule has 0 bridgehead atoms. The number of aliphatic imine (C=N–C) groups is 1. The highest BCUT2D eigenvalue weighted by atomic mass is 32.2. The maximum Gasteiger partial charge on any atom is 0.239 e. The van der Waals surface area contributed by atoms with Crippen molar-refractivity contribution in [2.75, 3.05) is 26.3 Å². The van der Waals surface area contributed by atoms with Crippen molar-refractivity contribution in [3.63, 3.8) is 0 Å². The zero-order chi connectivity index (χ0) is 24.8. The van der Waals surface area contributed by atoms with Crippen molar-refractivity contribution < 1.29 is 18.3 Å². The summed E-state index contributed by atoms with van der Waals surface area (Å²) >= 11 is 1.25. The minimum Gasteiger partial charge on any atom is -0.378 e. The van der Waals surface area contributed by atoms with Crippen LogP contribution >= 0.6 is 11.8 Å². The number of nitrogens with two attached hydrogens (primary N) is 1. The summed E-state index contributed by atoms with van der Waals surface area (Å²) in [6.45, 7) is 3.75. The lowest BCUT2D eigenvalue weighted by Crippen LogP contribution is -2.49. The number of hydrogen-bond donors (Lipinski definition) is 1. The number of fused-ring (bicyclic) bond motifs is 1. The van der Waals surface area contributed by atoms with Gasteiger partial charge < -0.3 is 15.4 Å². The third-order valence-electron chi connectivity index (χ3n) is 6.72. The van der Waals surface area contributed by atoms with Crippen molar-refractivity contribution >= 4 is 34.7 Å². The van der Waals surface area contributed by atoms with E-state index in [2.05, 4.69) is 15.0 Å². The molecule has 0 spiro atoms. The molecule has 180 valence electrons. The monoisotopic (exact) mass is 496 g/mol. The lowest BCUT2D eigenvalue weighted by molar-refractivity contribution is -0.135. The summed E-state index contributed by atoms with van der Waals surface area (Å²) in [6.07, 6.45) is 4.07. The van der Waals surface area contributed by atoms with Crippen LogP contribution in [0.4, 0.5) is 8.78 Å². The lowest BCUT2D eigenvalue weighted by atomic mass is 9.84. The molecule has 1 saturated heterocycles. The van der Waals surface area contributed by atoms with E-state index < -0.39 is 21.9 Å². The van der Waals surface area contributed by atoms with Crippen LogP contribution < -0.4 is 5.73 Å². The van der Waals surface area contributed by atoms with E-state index in [1.807, 2.05) is 6.07 Å². The first kappa shape index (κ1) is 23.4. The van der Waals surface area contributed by atoms with Crippen LogP contribution in [-0.4, -0.2) is 57.0 Å². The number of ether oxygens (including phenoxy) is 1. The fraction of sp³-hybridized carbons (Fsp3) is 0.375. The number of hydrogen-bond acceptors (Lipinski definition) is 8. The highest BCUT2D eigenvalue weighted by Crippen LogP contribution is 2.66. The fourth-order valence-electron chi connectivity index (χ4n) is 4.84. The van der Waals surface area contributed by atoms with Crippen LogP contribution in [-0.2, 0) is 15.1 Å². The molecule has 3 atom stereocenters. The minimum absolute atomic E-state index is 0.0261. The van der Waals surface area contributed by atoms with E-state index in [9.17, 15) is 9.18 Å². The van der Waals surface area contributed by atoms with Gasteiger partial charge in [0.25, 0.3) is 0 Å². The number of rotatable bonds is 4. The van der Waals surface area contributed by atoms with Crippen LogP contribution in [0.1, 0.15) is 35.9 Å². The van der Waals surface area contributed by atoms with Gasteiger partial charge >= 0.3 is 0 Å². The van der Waals surface area contributed by atoms with Gasteiger partial charge in [-0.3, -0.25) is 9.79 Å². The molecule has 2 aromatic rings. The molecule has 5 rings (SSSR count).